The van der Waals surface area contributed by atoms with Crippen molar-refractivity contribution in [1.82, 2.24) is 4.98 Å². The lowest BCUT2D eigenvalue weighted by Crippen LogP contribution is -2.58. The van der Waals surface area contributed by atoms with E-state index in [0.29, 0.717) is 11.1 Å². The summed E-state index contributed by atoms with van der Waals surface area (Å²) in [6, 6.07) is 6.50. The number of aromatic nitrogens is 1. The van der Waals surface area contributed by atoms with E-state index in [-0.39, 0.29) is 23.9 Å². The summed E-state index contributed by atoms with van der Waals surface area (Å²) in [5, 5.41) is -4.84. The largest absolute Gasteiger partial charge is 0.573 e. The predicted molar refractivity (Wildman–Crippen MR) is 159 cm³/mol. The highest BCUT2D eigenvalue weighted by Gasteiger charge is 2.54. The lowest BCUT2D eigenvalue weighted by atomic mass is 9.09. The number of halogens is 3. The molecule has 7 nitrogen and oxygen atoms in total. The molecule has 1 aliphatic heterocycles. The summed E-state index contributed by atoms with van der Waals surface area (Å²) in [6.45, 7) is 3.00. The van der Waals surface area contributed by atoms with E-state index in [9.17, 15) is 22.8 Å². The van der Waals surface area contributed by atoms with Crippen LogP contribution in [0.25, 0.3) is 0 Å². The first-order valence-electron chi connectivity index (χ1n) is 12.2. The molecule has 0 saturated carbocycles. The third-order valence-corrected chi connectivity index (χ3v) is 6.75. The van der Waals surface area contributed by atoms with Crippen LogP contribution in [0.5, 0.6) is 11.6 Å². The molecule has 1 atom stereocenters. The number of nitrogens with zero attached hydrogens (tertiary/aromatic N) is 2. The molecule has 42 heavy (non-hydrogen) atoms. The number of rotatable bonds is 9. The lowest BCUT2D eigenvalue weighted by Gasteiger charge is -2.65. The van der Waals surface area contributed by atoms with Gasteiger partial charge in [-0.3, -0.25) is 14.5 Å². The minimum atomic E-state index is -4.85. The maximum Gasteiger partial charge on any atom is 0.573 e. The van der Waals surface area contributed by atoms with E-state index >= 15 is 0 Å². The second kappa shape index (κ2) is 11.4. The number of benzene rings is 1. The zero-order chi connectivity index (χ0) is 32.1. The molecule has 0 spiro atoms. The molecule has 2 amide bonds. The Morgan fingerprint density at radius 2 is 1.52 bits per heavy atom. The van der Waals surface area contributed by atoms with Crippen LogP contribution in [-0.2, 0) is 16.1 Å². The van der Waals surface area contributed by atoms with Crippen molar-refractivity contribution in [2.45, 2.75) is 54.6 Å². The van der Waals surface area contributed by atoms with Gasteiger partial charge in [0.05, 0.1) is 77.2 Å². The Hall–Kier alpha value is -2.72. The average molecular weight is 554 g/mol. The van der Waals surface area contributed by atoms with E-state index < -0.39 is 57.2 Å². The number of pyridine rings is 1. The van der Waals surface area contributed by atoms with Crippen molar-refractivity contribution >= 4 is 93.9 Å². The van der Waals surface area contributed by atoms with Crippen LogP contribution in [0.3, 0.4) is 0 Å². The normalized spacial score (nSPS) is 16.4. The number of nitrogens with one attached hydrogen (secondary N) is 1. The Labute approximate surface area is 254 Å². The second-order valence-electron chi connectivity index (χ2n) is 10.3. The van der Waals surface area contributed by atoms with Gasteiger partial charge in [-0.1, -0.05) is 17.5 Å². The molecule has 1 aromatic carbocycles. The van der Waals surface area contributed by atoms with Crippen LogP contribution in [-0.4, -0.2) is 99.9 Å². The Bertz CT molecular complexity index is 1310. The van der Waals surface area contributed by atoms with E-state index in [4.69, 9.17) is 75.4 Å². The number of aryl methyl sites for hydroxylation is 1. The fourth-order valence-electron chi connectivity index (χ4n) is 4.69. The number of carbonyl (C=O) groups is 2. The molecule has 2 aromatic rings. The van der Waals surface area contributed by atoms with E-state index in [0.717, 1.165) is 12.1 Å². The number of fused-ring (bicyclic) bond motifs is 1. The highest BCUT2D eigenvalue weighted by molar-refractivity contribution is 6.69. The van der Waals surface area contributed by atoms with Crippen molar-refractivity contribution in [1.29, 1.82) is 0 Å². The van der Waals surface area contributed by atoms with Gasteiger partial charge in [-0.15, -0.1) is 28.5 Å². The first-order chi connectivity index (χ1) is 19.0. The monoisotopic (exact) mass is 555 g/mol. The van der Waals surface area contributed by atoms with E-state index in [2.05, 4.69) is 15.0 Å². The molecular weight excluding hydrogens is 537 g/mol. The van der Waals surface area contributed by atoms with Gasteiger partial charge >= 0.3 is 6.36 Å². The fraction of sp³-hybridized carbons (Fsp3) is 0.435. The lowest BCUT2D eigenvalue weighted by molar-refractivity contribution is -0.274. The van der Waals surface area contributed by atoms with Crippen LogP contribution in [0, 0.1) is 12.3 Å². The molecular formula is C23H17B9F3N3O4. The summed E-state index contributed by atoms with van der Waals surface area (Å²) in [5.74, 6) is -1.80. The van der Waals surface area contributed by atoms with Crippen molar-refractivity contribution in [3.8, 4) is 11.6 Å². The fourth-order valence-corrected chi connectivity index (χ4v) is 4.69. The van der Waals surface area contributed by atoms with Gasteiger partial charge < -0.3 is 14.8 Å². The van der Waals surface area contributed by atoms with Gasteiger partial charge in [0.2, 0.25) is 11.8 Å². The minimum Gasteiger partial charge on any atom is -0.463 e. The van der Waals surface area contributed by atoms with E-state index in [1.807, 2.05) is 0 Å². The first-order valence-corrected chi connectivity index (χ1v) is 12.2. The number of ether oxygens (including phenoxy) is 2. The summed E-state index contributed by atoms with van der Waals surface area (Å²) >= 11 is 0. The standard InChI is InChI=1S/C23H17B9F3N3O4/c1-10-7-14-17(37-16(10)36-15(39)8-19(20(24,25)26,21(27,28)29)22(30,31)32)41-11(2)18(40)38(14)9-12-3-5-13(6-4-12)42-23(33,34)35/h3-7,11H,8-9H2,1-2H3,(H,36,37,39). The Morgan fingerprint density at radius 3 is 2.00 bits per heavy atom. The van der Waals surface area contributed by atoms with Crippen molar-refractivity contribution in [2.75, 3.05) is 10.2 Å². The number of hydrogen-bond donors (Lipinski definition) is 1. The second-order valence-corrected chi connectivity index (χ2v) is 10.3. The molecule has 0 saturated heterocycles. The predicted octanol–water partition coefficient (Wildman–Crippen LogP) is 0.655. The highest BCUT2D eigenvalue weighted by atomic mass is 19.4. The topological polar surface area (TPSA) is 80.8 Å². The Morgan fingerprint density at radius 1 is 1.00 bits per heavy atom. The minimum absolute atomic E-state index is 0.0206. The summed E-state index contributed by atoms with van der Waals surface area (Å²) in [4.78, 5) is 31.8. The Balaban J connectivity index is 1.91. The van der Waals surface area contributed by atoms with Gasteiger partial charge in [0.15, 0.2) is 6.10 Å². The molecule has 19 heteroatoms. The van der Waals surface area contributed by atoms with Crippen LogP contribution in [0.15, 0.2) is 30.3 Å². The summed E-state index contributed by atoms with van der Waals surface area (Å²) < 4.78 is 47.0. The molecule has 0 bridgehead atoms. The smallest absolute Gasteiger partial charge is 0.463 e. The third kappa shape index (κ3) is 6.91. The number of anilines is 2. The van der Waals surface area contributed by atoms with Crippen molar-refractivity contribution in [3.63, 3.8) is 0 Å². The first kappa shape index (κ1) is 33.8. The number of alkyl halides is 3. The van der Waals surface area contributed by atoms with E-state index in [1.54, 1.807) is 6.92 Å². The van der Waals surface area contributed by atoms with E-state index in [1.165, 1.54) is 30.0 Å². The van der Waals surface area contributed by atoms with Crippen LogP contribution in [0.4, 0.5) is 24.7 Å². The van der Waals surface area contributed by atoms with Crippen LogP contribution >= 0.6 is 0 Å². The molecule has 1 unspecified atom stereocenters. The SMILES string of the molecule is [B]C([B])([B])C(CC(=O)Nc1nc2c(cc1C)N(Cc1ccc(OC(F)(F)F)cc1)C(=O)C(C)O2)(C([B])([B])[B])C([B])([B])[B]. The summed E-state index contributed by atoms with van der Waals surface area (Å²) in [7, 11) is 52.7. The number of hydrogen-bond acceptors (Lipinski definition) is 5. The maximum absolute atomic E-state index is 13.2. The molecule has 196 valence electrons. The van der Waals surface area contributed by atoms with Gasteiger partial charge in [0.1, 0.15) is 17.3 Å². The summed E-state index contributed by atoms with van der Waals surface area (Å²) in [6.07, 6.45) is -6.69. The number of carbonyl (C=O) groups excluding carboxylic acids is 2. The molecule has 2 heterocycles. The van der Waals surface area contributed by atoms with Crippen molar-refractivity contribution in [2.24, 2.45) is 5.41 Å². The van der Waals surface area contributed by atoms with Crippen LogP contribution in [0.2, 0.25) is 15.3 Å². The molecule has 3 rings (SSSR count). The number of amides is 2. The third-order valence-electron chi connectivity index (χ3n) is 6.75. The highest BCUT2D eigenvalue weighted by Crippen LogP contribution is 2.63. The molecule has 0 fully saturated rings. The zero-order valence-electron chi connectivity index (χ0n) is 22.7. The van der Waals surface area contributed by atoms with Gasteiger partial charge in [-0.2, -0.15) is 4.98 Å². The molecule has 18 radical (unpaired) electrons. The van der Waals surface area contributed by atoms with Crippen molar-refractivity contribution in [3.05, 3.63) is 41.5 Å². The molecule has 1 aromatic heterocycles. The van der Waals surface area contributed by atoms with Gasteiger partial charge in [0.25, 0.3) is 5.91 Å². The molecule has 1 aliphatic rings. The summed E-state index contributed by atoms with van der Waals surface area (Å²) in [5.41, 5.74) is -1.30. The Kier molecular flexibility index (Phi) is 9.18. The van der Waals surface area contributed by atoms with Crippen molar-refractivity contribution < 1.29 is 32.2 Å². The molecule has 0 aliphatic carbocycles. The van der Waals surface area contributed by atoms with Gasteiger partial charge in [0, 0.05) is 6.42 Å². The van der Waals surface area contributed by atoms with Crippen LogP contribution < -0.4 is 19.7 Å². The quantitative estimate of drug-likeness (QED) is 0.462. The molecule has 1 N–H and O–H groups in total. The van der Waals surface area contributed by atoms with Gasteiger partial charge in [-0.25, -0.2) is 0 Å². The maximum atomic E-state index is 13.2. The van der Waals surface area contributed by atoms with Crippen LogP contribution in [0.1, 0.15) is 24.5 Å². The zero-order valence-corrected chi connectivity index (χ0v) is 22.7. The van der Waals surface area contributed by atoms with Gasteiger partial charge in [-0.05, 0) is 43.2 Å². The average Bonchev–Trinajstić information content (AvgIpc) is 2.79.